The SMILES string of the molecule is Cc1ncc(-c2nc3c(N[C@H]4CCN(C(=O)C5CC5)C4)ncnc3n2C)cn1. The number of nitrogens with one attached hydrogen (secondary N) is 1. The monoisotopic (exact) mass is 378 g/mol. The van der Waals surface area contributed by atoms with Crippen LogP contribution in [0.25, 0.3) is 22.6 Å². The van der Waals surface area contributed by atoms with Crippen molar-refractivity contribution in [3.05, 3.63) is 24.5 Å². The number of carbonyl (C=O) groups is 1. The second kappa shape index (κ2) is 6.50. The number of likely N-dealkylation sites (tertiary alicyclic amines) is 1. The van der Waals surface area contributed by atoms with Crippen LogP contribution in [-0.2, 0) is 11.8 Å². The molecule has 3 aromatic rings. The summed E-state index contributed by atoms with van der Waals surface area (Å²) in [7, 11) is 1.92. The molecule has 0 radical (unpaired) electrons. The van der Waals surface area contributed by atoms with Crippen molar-refractivity contribution in [2.45, 2.75) is 32.2 Å². The third-order valence-corrected chi connectivity index (χ3v) is 5.46. The van der Waals surface area contributed by atoms with E-state index in [-0.39, 0.29) is 12.0 Å². The zero-order chi connectivity index (χ0) is 19.3. The van der Waals surface area contributed by atoms with Gasteiger partial charge in [0.1, 0.15) is 18.0 Å². The van der Waals surface area contributed by atoms with Gasteiger partial charge in [-0.05, 0) is 26.2 Å². The van der Waals surface area contributed by atoms with Crippen LogP contribution in [0.1, 0.15) is 25.1 Å². The van der Waals surface area contributed by atoms with Crippen LogP contribution < -0.4 is 5.32 Å². The molecule has 3 aromatic heterocycles. The third-order valence-electron chi connectivity index (χ3n) is 5.46. The molecule has 1 atom stereocenters. The highest BCUT2D eigenvalue weighted by molar-refractivity contribution is 5.86. The standard InChI is InChI=1S/C19H22N8O/c1-11-20-7-13(8-21-11)17-25-15-16(22-10-23-18(15)26(17)2)24-14-5-6-27(9-14)19(28)12-3-4-12/h7-8,10,12,14H,3-6,9H2,1-2H3,(H,22,23,24)/t14-/m0/s1. The maximum atomic E-state index is 12.3. The Bertz CT molecular complexity index is 1040. The van der Waals surface area contributed by atoms with E-state index in [1.54, 1.807) is 18.7 Å². The van der Waals surface area contributed by atoms with Gasteiger partial charge in [0.15, 0.2) is 17.0 Å². The highest BCUT2D eigenvalue weighted by atomic mass is 16.2. The number of aryl methyl sites for hydroxylation is 2. The van der Waals surface area contributed by atoms with Crippen LogP contribution in [-0.4, -0.2) is 59.4 Å². The third kappa shape index (κ3) is 2.96. The van der Waals surface area contributed by atoms with Crippen molar-refractivity contribution in [3.63, 3.8) is 0 Å². The Balaban J connectivity index is 1.41. The Morgan fingerprint density at radius 2 is 1.93 bits per heavy atom. The van der Waals surface area contributed by atoms with Crippen LogP contribution in [0.3, 0.4) is 0 Å². The lowest BCUT2D eigenvalue weighted by molar-refractivity contribution is -0.131. The molecule has 1 N–H and O–H groups in total. The second-order valence-electron chi connectivity index (χ2n) is 7.60. The minimum atomic E-state index is 0.175. The molecule has 0 unspecified atom stereocenters. The van der Waals surface area contributed by atoms with Gasteiger partial charge >= 0.3 is 0 Å². The quantitative estimate of drug-likeness (QED) is 0.735. The molecule has 1 saturated heterocycles. The van der Waals surface area contributed by atoms with Gasteiger partial charge < -0.3 is 14.8 Å². The summed E-state index contributed by atoms with van der Waals surface area (Å²) in [6, 6.07) is 0.175. The van der Waals surface area contributed by atoms with Crippen LogP contribution in [0.15, 0.2) is 18.7 Å². The predicted octanol–water partition coefficient (Wildman–Crippen LogP) is 1.55. The first-order valence-electron chi connectivity index (χ1n) is 9.62. The van der Waals surface area contributed by atoms with Gasteiger partial charge in [-0.1, -0.05) is 0 Å². The van der Waals surface area contributed by atoms with Crippen molar-refractivity contribution in [3.8, 4) is 11.4 Å². The van der Waals surface area contributed by atoms with Gasteiger partial charge in [-0.3, -0.25) is 4.79 Å². The van der Waals surface area contributed by atoms with Gasteiger partial charge in [-0.25, -0.2) is 24.9 Å². The molecule has 0 aromatic carbocycles. The van der Waals surface area contributed by atoms with Gasteiger partial charge in [-0.15, -0.1) is 0 Å². The van der Waals surface area contributed by atoms with Crippen molar-refractivity contribution in [2.75, 3.05) is 18.4 Å². The minimum Gasteiger partial charge on any atom is -0.364 e. The second-order valence-corrected chi connectivity index (χ2v) is 7.60. The number of aromatic nitrogens is 6. The van der Waals surface area contributed by atoms with E-state index in [1.165, 1.54) is 0 Å². The number of hydrogen-bond donors (Lipinski definition) is 1. The molecule has 1 saturated carbocycles. The van der Waals surface area contributed by atoms with E-state index in [4.69, 9.17) is 4.98 Å². The first-order valence-corrected chi connectivity index (χ1v) is 9.62. The number of anilines is 1. The normalized spacial score (nSPS) is 19.4. The smallest absolute Gasteiger partial charge is 0.225 e. The lowest BCUT2D eigenvalue weighted by Gasteiger charge is -2.17. The Morgan fingerprint density at radius 3 is 2.68 bits per heavy atom. The zero-order valence-corrected chi connectivity index (χ0v) is 16.0. The Hall–Kier alpha value is -3.10. The van der Waals surface area contributed by atoms with Crippen LogP contribution in [0, 0.1) is 12.8 Å². The van der Waals surface area contributed by atoms with E-state index < -0.39 is 0 Å². The fourth-order valence-corrected chi connectivity index (χ4v) is 3.73. The molecule has 4 heterocycles. The highest BCUT2D eigenvalue weighted by Crippen LogP contribution is 2.32. The van der Waals surface area contributed by atoms with E-state index in [0.29, 0.717) is 23.8 Å². The van der Waals surface area contributed by atoms with Crippen molar-refractivity contribution in [1.29, 1.82) is 0 Å². The first kappa shape index (κ1) is 17.0. The van der Waals surface area contributed by atoms with Crippen LogP contribution >= 0.6 is 0 Å². The number of hydrogen-bond acceptors (Lipinski definition) is 7. The van der Waals surface area contributed by atoms with Gasteiger partial charge in [0.25, 0.3) is 0 Å². The highest BCUT2D eigenvalue weighted by Gasteiger charge is 2.36. The van der Waals surface area contributed by atoms with Crippen molar-refractivity contribution in [2.24, 2.45) is 13.0 Å². The lowest BCUT2D eigenvalue weighted by atomic mass is 10.2. The maximum absolute atomic E-state index is 12.3. The maximum Gasteiger partial charge on any atom is 0.225 e. The molecule has 1 amide bonds. The van der Waals surface area contributed by atoms with Gasteiger partial charge in [0, 0.05) is 44.5 Å². The largest absolute Gasteiger partial charge is 0.364 e. The Kier molecular flexibility index (Phi) is 3.96. The van der Waals surface area contributed by atoms with Crippen LogP contribution in [0.4, 0.5) is 5.82 Å². The van der Waals surface area contributed by atoms with E-state index in [0.717, 1.165) is 48.7 Å². The molecule has 9 nitrogen and oxygen atoms in total. The van der Waals surface area contributed by atoms with E-state index in [1.807, 2.05) is 23.4 Å². The van der Waals surface area contributed by atoms with E-state index in [2.05, 4.69) is 25.3 Å². The van der Waals surface area contributed by atoms with Crippen LogP contribution in [0.5, 0.6) is 0 Å². The van der Waals surface area contributed by atoms with Crippen molar-refractivity contribution in [1.82, 2.24) is 34.4 Å². The van der Waals surface area contributed by atoms with Gasteiger partial charge in [0.05, 0.1) is 5.56 Å². The number of carbonyl (C=O) groups excluding carboxylic acids is 1. The molecule has 9 heteroatoms. The predicted molar refractivity (Wildman–Crippen MR) is 103 cm³/mol. The topological polar surface area (TPSA) is 102 Å². The van der Waals surface area contributed by atoms with Gasteiger partial charge in [0.2, 0.25) is 5.91 Å². The van der Waals surface area contributed by atoms with Crippen LogP contribution in [0.2, 0.25) is 0 Å². The first-order chi connectivity index (χ1) is 13.6. The molecule has 5 rings (SSSR count). The number of imidazole rings is 1. The summed E-state index contributed by atoms with van der Waals surface area (Å²) in [6.07, 6.45) is 8.07. The fourth-order valence-electron chi connectivity index (χ4n) is 3.73. The summed E-state index contributed by atoms with van der Waals surface area (Å²) in [5.41, 5.74) is 2.30. The zero-order valence-electron chi connectivity index (χ0n) is 16.0. The molecule has 0 spiro atoms. The average Bonchev–Trinajstić information content (AvgIpc) is 3.36. The number of nitrogens with zero attached hydrogens (tertiary/aromatic N) is 7. The summed E-state index contributed by atoms with van der Waals surface area (Å²) in [5.74, 6) is 2.73. The molecule has 0 bridgehead atoms. The van der Waals surface area contributed by atoms with Crippen molar-refractivity contribution >= 4 is 22.9 Å². The molecule has 28 heavy (non-hydrogen) atoms. The molecule has 2 fully saturated rings. The lowest BCUT2D eigenvalue weighted by Crippen LogP contribution is -2.32. The van der Waals surface area contributed by atoms with Crippen molar-refractivity contribution < 1.29 is 4.79 Å². The van der Waals surface area contributed by atoms with Gasteiger partial charge in [-0.2, -0.15) is 0 Å². The molecule has 144 valence electrons. The summed E-state index contributed by atoms with van der Waals surface area (Å²) in [5, 5.41) is 3.48. The molecule has 1 aliphatic heterocycles. The minimum absolute atomic E-state index is 0.175. The molecule has 2 aliphatic rings. The summed E-state index contributed by atoms with van der Waals surface area (Å²) in [4.78, 5) is 36.4. The van der Waals surface area contributed by atoms with E-state index in [9.17, 15) is 4.79 Å². The molecular formula is C19H22N8O. The van der Waals surface area contributed by atoms with E-state index >= 15 is 0 Å². The average molecular weight is 378 g/mol. The molecule has 1 aliphatic carbocycles. The Labute approximate surface area is 162 Å². The summed E-state index contributed by atoms with van der Waals surface area (Å²) < 4.78 is 1.92. The number of rotatable bonds is 4. The number of fused-ring (bicyclic) bond motifs is 1. The fraction of sp³-hybridized carbons (Fsp3) is 0.474. The summed E-state index contributed by atoms with van der Waals surface area (Å²) >= 11 is 0. The Morgan fingerprint density at radius 1 is 1.14 bits per heavy atom. The molecular weight excluding hydrogens is 356 g/mol. The number of amides is 1. The summed E-state index contributed by atoms with van der Waals surface area (Å²) in [6.45, 7) is 3.37.